The third kappa shape index (κ3) is 12.2. The summed E-state index contributed by atoms with van der Waals surface area (Å²) in [5.41, 5.74) is 1.99. The number of nitrogens with zero attached hydrogens (tertiary/aromatic N) is 4. The van der Waals surface area contributed by atoms with Crippen LogP contribution in [-0.2, 0) is 25.6 Å². The molecular formula is C24H29F6N5O6. The highest BCUT2D eigenvalue weighted by atomic mass is 19.4. The number of aromatic nitrogens is 3. The summed E-state index contributed by atoms with van der Waals surface area (Å²) in [5, 5.41) is 25.9. The molecule has 0 aliphatic carbocycles. The largest absolute Gasteiger partial charge is 0.490 e. The minimum atomic E-state index is -5.08. The van der Waals surface area contributed by atoms with Crippen LogP contribution in [0.15, 0.2) is 36.7 Å². The van der Waals surface area contributed by atoms with Crippen molar-refractivity contribution in [1.82, 2.24) is 20.1 Å². The Bertz CT molecular complexity index is 1080. The number of carboxylic acids is 2. The monoisotopic (exact) mass is 597 g/mol. The lowest BCUT2D eigenvalue weighted by Gasteiger charge is -2.31. The molecule has 0 saturated carbocycles. The van der Waals surface area contributed by atoms with Gasteiger partial charge in [0.15, 0.2) is 0 Å². The van der Waals surface area contributed by atoms with Gasteiger partial charge in [-0.05, 0) is 43.2 Å². The van der Waals surface area contributed by atoms with Gasteiger partial charge in [-0.15, -0.1) is 5.10 Å². The lowest BCUT2D eigenvalue weighted by molar-refractivity contribution is -0.193. The summed E-state index contributed by atoms with van der Waals surface area (Å²) in [4.78, 5) is 24.3. The molecule has 2 aliphatic heterocycles. The summed E-state index contributed by atoms with van der Waals surface area (Å²) in [6.45, 7) is 7.67. The summed E-state index contributed by atoms with van der Waals surface area (Å²) in [5.74, 6) is -4.25. The second-order valence-corrected chi connectivity index (χ2v) is 9.23. The number of carboxylic acid groups (broad SMARTS) is 2. The molecule has 41 heavy (non-hydrogen) atoms. The van der Waals surface area contributed by atoms with E-state index in [9.17, 15) is 26.3 Å². The van der Waals surface area contributed by atoms with Crippen molar-refractivity contribution < 1.29 is 55.6 Å². The average Bonchev–Trinajstić information content (AvgIpc) is 3.18. The van der Waals surface area contributed by atoms with Gasteiger partial charge in [-0.25, -0.2) is 9.59 Å². The predicted molar refractivity (Wildman–Crippen MR) is 130 cm³/mol. The van der Waals surface area contributed by atoms with Gasteiger partial charge in [0.05, 0.1) is 25.5 Å². The fraction of sp³-hybridized carbons (Fsp3) is 0.542. The van der Waals surface area contributed by atoms with Crippen LogP contribution in [0.5, 0.6) is 0 Å². The van der Waals surface area contributed by atoms with Crippen molar-refractivity contribution in [2.24, 2.45) is 5.92 Å². The molecule has 4 rings (SSSR count). The van der Waals surface area contributed by atoms with Crippen molar-refractivity contribution in [2.75, 3.05) is 44.8 Å². The Balaban J connectivity index is 0.000000349. The third-order valence-electron chi connectivity index (χ3n) is 5.72. The van der Waals surface area contributed by atoms with Crippen LogP contribution < -0.4 is 5.32 Å². The number of hydrogen-bond acceptors (Lipinski definition) is 9. The average molecular weight is 598 g/mol. The lowest BCUT2D eigenvalue weighted by atomic mass is 9.94. The Labute approximate surface area is 230 Å². The second kappa shape index (κ2) is 14.9. The standard InChI is InChI=1S/C20H27N5O2.2C2HF3O2/c1-16-2-3-19(24-23-16)22-11-18-10-20(27-13-18)14-25(8-9-26-15-20)12-17-4-6-21-7-5-17;2*3-2(4,5)1(6)7/h2-7,18H,8-15H2,1H3,(H,22,24);2*(H,6,7). The molecule has 0 radical (unpaired) electrons. The molecule has 0 amide bonds. The number of halogens is 6. The van der Waals surface area contributed by atoms with Crippen molar-refractivity contribution in [3.8, 4) is 0 Å². The molecule has 17 heteroatoms. The minimum Gasteiger partial charge on any atom is -0.475 e. The summed E-state index contributed by atoms with van der Waals surface area (Å²) in [6, 6.07) is 8.09. The summed E-state index contributed by atoms with van der Waals surface area (Å²) in [7, 11) is 0. The molecule has 1 spiro atoms. The Morgan fingerprint density at radius 3 is 2.20 bits per heavy atom. The number of ether oxygens (including phenoxy) is 2. The van der Waals surface area contributed by atoms with Gasteiger partial charge in [-0.3, -0.25) is 9.88 Å². The van der Waals surface area contributed by atoms with Gasteiger partial charge in [0.1, 0.15) is 11.4 Å². The molecule has 228 valence electrons. The molecule has 2 aromatic heterocycles. The number of rotatable bonds is 5. The van der Waals surface area contributed by atoms with E-state index in [0.717, 1.165) is 57.3 Å². The molecule has 2 fully saturated rings. The fourth-order valence-corrected chi connectivity index (χ4v) is 3.89. The Morgan fingerprint density at radius 2 is 1.66 bits per heavy atom. The number of aryl methyl sites for hydroxylation is 1. The van der Waals surface area contributed by atoms with Gasteiger partial charge >= 0.3 is 24.3 Å². The summed E-state index contributed by atoms with van der Waals surface area (Å²) < 4.78 is 75.7. The van der Waals surface area contributed by atoms with Crippen molar-refractivity contribution in [2.45, 2.75) is 37.8 Å². The minimum absolute atomic E-state index is 0.213. The number of carbonyl (C=O) groups is 2. The van der Waals surface area contributed by atoms with E-state index in [1.54, 1.807) is 0 Å². The molecule has 4 heterocycles. The SMILES string of the molecule is Cc1ccc(NCC2COC3(COCCN(Cc4ccncc4)C3)C2)nn1.O=C(O)C(F)(F)F.O=C(O)C(F)(F)F. The zero-order valence-corrected chi connectivity index (χ0v) is 21.8. The maximum atomic E-state index is 10.6. The number of aliphatic carboxylic acids is 2. The topological polar surface area (TPSA) is 147 Å². The van der Waals surface area contributed by atoms with Crippen LogP contribution in [0.25, 0.3) is 0 Å². The first-order chi connectivity index (χ1) is 19.1. The smallest absolute Gasteiger partial charge is 0.475 e. The molecule has 11 nitrogen and oxygen atoms in total. The van der Waals surface area contributed by atoms with E-state index in [-0.39, 0.29) is 5.60 Å². The highest BCUT2D eigenvalue weighted by Gasteiger charge is 2.43. The fourth-order valence-electron chi connectivity index (χ4n) is 3.89. The van der Waals surface area contributed by atoms with Crippen molar-refractivity contribution in [1.29, 1.82) is 0 Å². The highest BCUT2D eigenvalue weighted by molar-refractivity contribution is 5.73. The van der Waals surface area contributed by atoms with Crippen LogP contribution in [0, 0.1) is 12.8 Å². The van der Waals surface area contributed by atoms with Gasteiger partial charge in [-0.2, -0.15) is 31.4 Å². The van der Waals surface area contributed by atoms with E-state index in [4.69, 9.17) is 29.3 Å². The van der Waals surface area contributed by atoms with Gasteiger partial charge in [-0.1, -0.05) is 0 Å². The van der Waals surface area contributed by atoms with E-state index in [2.05, 4.69) is 37.5 Å². The molecule has 3 N–H and O–H groups in total. The molecule has 2 unspecified atom stereocenters. The first-order valence-electron chi connectivity index (χ1n) is 12.1. The first kappa shape index (κ1) is 33.6. The number of pyridine rings is 1. The quantitative estimate of drug-likeness (QED) is 0.437. The Morgan fingerprint density at radius 1 is 1.05 bits per heavy atom. The predicted octanol–water partition coefficient (Wildman–Crippen LogP) is 3.17. The van der Waals surface area contributed by atoms with Gasteiger partial charge < -0.3 is 25.0 Å². The molecule has 0 bridgehead atoms. The van der Waals surface area contributed by atoms with Crippen molar-refractivity contribution >= 4 is 17.8 Å². The molecule has 2 aliphatic rings. The van der Waals surface area contributed by atoms with Crippen LogP contribution in [0.4, 0.5) is 32.2 Å². The third-order valence-corrected chi connectivity index (χ3v) is 5.72. The van der Waals surface area contributed by atoms with Crippen molar-refractivity contribution in [3.05, 3.63) is 47.9 Å². The number of hydrogen-bond donors (Lipinski definition) is 3. The van der Waals surface area contributed by atoms with Crippen molar-refractivity contribution in [3.63, 3.8) is 0 Å². The van der Waals surface area contributed by atoms with Gasteiger partial charge in [0.25, 0.3) is 0 Å². The molecule has 2 aromatic rings. The Kier molecular flexibility index (Phi) is 12.2. The molecule has 2 saturated heterocycles. The molecule has 2 atom stereocenters. The normalized spacial score (nSPS) is 21.1. The maximum absolute atomic E-state index is 10.6. The van der Waals surface area contributed by atoms with E-state index in [0.29, 0.717) is 12.5 Å². The van der Waals surface area contributed by atoms with E-state index < -0.39 is 24.3 Å². The zero-order chi connectivity index (χ0) is 30.7. The maximum Gasteiger partial charge on any atom is 0.490 e. The first-order valence-corrected chi connectivity index (χ1v) is 12.1. The number of anilines is 1. The molecular weight excluding hydrogens is 568 g/mol. The number of nitrogens with one attached hydrogen (secondary N) is 1. The molecule has 0 aromatic carbocycles. The summed E-state index contributed by atoms with van der Waals surface area (Å²) >= 11 is 0. The van der Waals surface area contributed by atoms with Crippen LogP contribution in [0.3, 0.4) is 0 Å². The van der Waals surface area contributed by atoms with Crippen LogP contribution in [-0.4, -0.2) is 99.6 Å². The summed E-state index contributed by atoms with van der Waals surface area (Å²) in [6.07, 6.45) is -5.48. The van der Waals surface area contributed by atoms with E-state index in [1.807, 2.05) is 31.5 Å². The van der Waals surface area contributed by atoms with Crippen LogP contribution in [0.2, 0.25) is 0 Å². The van der Waals surface area contributed by atoms with Crippen LogP contribution >= 0.6 is 0 Å². The van der Waals surface area contributed by atoms with Gasteiger partial charge in [0.2, 0.25) is 0 Å². The lowest BCUT2D eigenvalue weighted by Crippen LogP contribution is -2.43. The number of alkyl halides is 6. The van der Waals surface area contributed by atoms with Gasteiger partial charge in [0, 0.05) is 44.5 Å². The second-order valence-electron chi connectivity index (χ2n) is 9.23. The highest BCUT2D eigenvalue weighted by Crippen LogP contribution is 2.33. The Hall–Kier alpha value is -3.57. The van der Waals surface area contributed by atoms with E-state index >= 15 is 0 Å². The van der Waals surface area contributed by atoms with E-state index in [1.165, 1.54) is 5.56 Å². The van der Waals surface area contributed by atoms with Crippen LogP contribution in [0.1, 0.15) is 17.7 Å². The zero-order valence-electron chi connectivity index (χ0n) is 21.8.